The van der Waals surface area contributed by atoms with Crippen LogP contribution in [0.5, 0.6) is 5.75 Å². The molecule has 5 heteroatoms. The van der Waals surface area contributed by atoms with E-state index in [9.17, 15) is 5.11 Å². The number of aryl methyl sites for hydroxylation is 1. The molecule has 0 aliphatic carbocycles. The average Bonchev–Trinajstić information content (AvgIpc) is 2.81. The molecule has 0 atom stereocenters. The number of piperidine rings is 1. The SMILES string of the molecule is C=C(c1ccc(O)c(C(C)C)c1)N(CC)Cc1cc(NC2CCNCC2)ccc1C.CO. The Morgan fingerprint density at radius 1 is 1.16 bits per heavy atom. The van der Waals surface area contributed by atoms with Gasteiger partial charge in [-0.25, -0.2) is 0 Å². The third-order valence-corrected chi connectivity index (χ3v) is 6.17. The van der Waals surface area contributed by atoms with E-state index in [2.05, 4.69) is 74.1 Å². The van der Waals surface area contributed by atoms with Crippen molar-refractivity contribution in [1.82, 2.24) is 10.2 Å². The molecule has 1 aliphatic rings. The Hall–Kier alpha value is -2.50. The lowest BCUT2D eigenvalue weighted by Crippen LogP contribution is -2.35. The van der Waals surface area contributed by atoms with Crippen molar-refractivity contribution in [3.63, 3.8) is 0 Å². The zero-order valence-electron chi connectivity index (χ0n) is 20.4. The fraction of sp³-hybridized carbons (Fsp3) is 0.481. The van der Waals surface area contributed by atoms with Crippen molar-refractivity contribution in [1.29, 1.82) is 0 Å². The van der Waals surface area contributed by atoms with Gasteiger partial charge < -0.3 is 25.7 Å². The number of nitrogens with zero attached hydrogens (tertiary/aromatic N) is 1. The first kappa shape index (κ1) is 25.8. The van der Waals surface area contributed by atoms with E-state index >= 15 is 0 Å². The maximum atomic E-state index is 10.2. The number of hydrogen-bond donors (Lipinski definition) is 4. The predicted molar refractivity (Wildman–Crippen MR) is 136 cm³/mol. The Balaban J connectivity index is 0.00000176. The summed E-state index contributed by atoms with van der Waals surface area (Å²) in [4.78, 5) is 2.31. The topological polar surface area (TPSA) is 67.8 Å². The molecule has 1 saturated heterocycles. The number of aliphatic hydroxyl groups excluding tert-OH is 1. The minimum atomic E-state index is 0.271. The third-order valence-electron chi connectivity index (χ3n) is 6.17. The number of anilines is 1. The smallest absolute Gasteiger partial charge is 0.119 e. The molecule has 0 amide bonds. The molecule has 2 aromatic rings. The minimum absolute atomic E-state index is 0.271. The van der Waals surface area contributed by atoms with Crippen LogP contribution in [0.4, 0.5) is 5.69 Å². The third kappa shape index (κ3) is 6.75. The molecular weight excluding hydrogens is 398 g/mol. The summed E-state index contributed by atoms with van der Waals surface area (Å²) < 4.78 is 0. The summed E-state index contributed by atoms with van der Waals surface area (Å²) in [5.41, 5.74) is 6.85. The lowest BCUT2D eigenvalue weighted by molar-refractivity contribution is 0.399. The molecule has 0 bridgehead atoms. The molecule has 1 fully saturated rings. The quantitative estimate of drug-likeness (QED) is 0.461. The van der Waals surface area contributed by atoms with Crippen LogP contribution in [-0.4, -0.2) is 47.9 Å². The van der Waals surface area contributed by atoms with Crippen molar-refractivity contribution >= 4 is 11.4 Å². The van der Waals surface area contributed by atoms with E-state index in [0.29, 0.717) is 11.8 Å². The standard InChI is InChI=1S/C26H37N3O.CH4O/c1-6-29(20(5)21-8-10-26(30)25(16-21)18(2)3)17-22-15-24(9-7-19(22)4)28-23-11-13-27-14-12-23;1-2/h7-10,15-16,18,23,27-28,30H,5-6,11-14,17H2,1-4H3;2H,1H3. The highest BCUT2D eigenvalue weighted by Crippen LogP contribution is 2.30. The molecule has 0 spiro atoms. The Morgan fingerprint density at radius 3 is 2.47 bits per heavy atom. The summed E-state index contributed by atoms with van der Waals surface area (Å²) in [5, 5.41) is 24.3. The number of phenols is 1. The van der Waals surface area contributed by atoms with Crippen LogP contribution in [-0.2, 0) is 6.54 Å². The summed E-state index contributed by atoms with van der Waals surface area (Å²) in [6, 6.07) is 13.1. The van der Waals surface area contributed by atoms with Crippen LogP contribution in [0.15, 0.2) is 43.0 Å². The van der Waals surface area contributed by atoms with Gasteiger partial charge in [0.2, 0.25) is 0 Å². The first-order valence-corrected chi connectivity index (χ1v) is 11.7. The second kappa shape index (κ2) is 12.5. The molecule has 3 rings (SSSR count). The van der Waals surface area contributed by atoms with E-state index < -0.39 is 0 Å². The van der Waals surface area contributed by atoms with E-state index in [4.69, 9.17) is 5.11 Å². The van der Waals surface area contributed by atoms with E-state index in [1.807, 2.05) is 6.07 Å². The van der Waals surface area contributed by atoms with Crippen LogP contribution in [0.1, 0.15) is 61.8 Å². The Kier molecular flexibility index (Phi) is 10.1. The average molecular weight is 440 g/mol. The van der Waals surface area contributed by atoms with Gasteiger partial charge in [0.1, 0.15) is 5.75 Å². The van der Waals surface area contributed by atoms with Gasteiger partial charge in [-0.2, -0.15) is 0 Å². The van der Waals surface area contributed by atoms with Gasteiger partial charge in [-0.15, -0.1) is 0 Å². The normalized spacial score (nSPS) is 14.0. The second-order valence-corrected chi connectivity index (χ2v) is 8.70. The number of rotatable bonds is 8. The van der Waals surface area contributed by atoms with E-state index in [0.717, 1.165) is 50.1 Å². The van der Waals surface area contributed by atoms with Gasteiger partial charge in [0.05, 0.1) is 0 Å². The Bertz CT molecular complexity index is 873. The molecule has 1 heterocycles. The van der Waals surface area contributed by atoms with Crippen molar-refractivity contribution in [3.8, 4) is 5.75 Å². The van der Waals surface area contributed by atoms with Crippen molar-refractivity contribution in [2.24, 2.45) is 0 Å². The largest absolute Gasteiger partial charge is 0.508 e. The monoisotopic (exact) mass is 439 g/mol. The van der Waals surface area contributed by atoms with Gasteiger partial charge in [0.25, 0.3) is 0 Å². The van der Waals surface area contributed by atoms with Crippen LogP contribution in [0, 0.1) is 6.92 Å². The molecule has 176 valence electrons. The van der Waals surface area contributed by atoms with E-state index in [-0.39, 0.29) is 5.92 Å². The number of benzene rings is 2. The van der Waals surface area contributed by atoms with Gasteiger partial charge >= 0.3 is 0 Å². The van der Waals surface area contributed by atoms with Gasteiger partial charge in [0.15, 0.2) is 0 Å². The fourth-order valence-electron chi connectivity index (χ4n) is 4.12. The second-order valence-electron chi connectivity index (χ2n) is 8.70. The number of phenolic OH excluding ortho intramolecular Hbond substituents is 1. The molecule has 5 nitrogen and oxygen atoms in total. The minimum Gasteiger partial charge on any atom is -0.508 e. The van der Waals surface area contributed by atoms with Crippen LogP contribution in [0.2, 0.25) is 0 Å². The highest BCUT2D eigenvalue weighted by atomic mass is 16.3. The van der Waals surface area contributed by atoms with Gasteiger partial charge in [0, 0.05) is 37.6 Å². The predicted octanol–water partition coefficient (Wildman–Crippen LogP) is 5.09. The van der Waals surface area contributed by atoms with Crippen LogP contribution in [0.3, 0.4) is 0 Å². The van der Waals surface area contributed by atoms with Crippen molar-refractivity contribution in [2.45, 2.75) is 59.0 Å². The molecule has 0 radical (unpaired) electrons. The molecule has 2 aromatic carbocycles. The van der Waals surface area contributed by atoms with Crippen molar-refractivity contribution < 1.29 is 10.2 Å². The molecule has 4 N–H and O–H groups in total. The van der Waals surface area contributed by atoms with Crippen LogP contribution >= 0.6 is 0 Å². The molecule has 0 unspecified atom stereocenters. The number of aromatic hydroxyl groups is 1. The zero-order valence-corrected chi connectivity index (χ0v) is 20.4. The number of aliphatic hydroxyl groups is 1. The lowest BCUT2D eigenvalue weighted by atomic mass is 9.98. The Labute approximate surface area is 194 Å². The molecule has 0 saturated carbocycles. The van der Waals surface area contributed by atoms with Crippen molar-refractivity contribution in [2.75, 3.05) is 32.1 Å². The van der Waals surface area contributed by atoms with E-state index in [1.165, 1.54) is 29.7 Å². The van der Waals surface area contributed by atoms with E-state index in [1.54, 1.807) is 6.07 Å². The lowest BCUT2D eigenvalue weighted by Gasteiger charge is -2.28. The summed E-state index contributed by atoms with van der Waals surface area (Å²) in [6.07, 6.45) is 2.33. The summed E-state index contributed by atoms with van der Waals surface area (Å²) in [5.74, 6) is 0.630. The maximum Gasteiger partial charge on any atom is 0.119 e. The first-order valence-electron chi connectivity index (χ1n) is 11.7. The van der Waals surface area contributed by atoms with Crippen LogP contribution in [0.25, 0.3) is 5.70 Å². The molecular formula is C27H41N3O2. The fourth-order valence-corrected chi connectivity index (χ4v) is 4.12. The van der Waals surface area contributed by atoms with Gasteiger partial charge in [-0.1, -0.05) is 26.5 Å². The number of hydrogen-bond acceptors (Lipinski definition) is 5. The van der Waals surface area contributed by atoms with Crippen molar-refractivity contribution in [3.05, 3.63) is 65.2 Å². The van der Waals surface area contributed by atoms with Gasteiger partial charge in [-0.3, -0.25) is 0 Å². The molecule has 0 aromatic heterocycles. The molecule has 32 heavy (non-hydrogen) atoms. The van der Waals surface area contributed by atoms with Crippen LogP contribution < -0.4 is 10.6 Å². The highest BCUT2D eigenvalue weighted by Gasteiger charge is 2.16. The molecule has 1 aliphatic heterocycles. The maximum absolute atomic E-state index is 10.2. The first-order chi connectivity index (χ1) is 15.4. The summed E-state index contributed by atoms with van der Waals surface area (Å²) in [6.45, 7) is 16.8. The highest BCUT2D eigenvalue weighted by molar-refractivity contribution is 5.64. The summed E-state index contributed by atoms with van der Waals surface area (Å²) in [7, 11) is 1.00. The zero-order chi connectivity index (χ0) is 23.7. The summed E-state index contributed by atoms with van der Waals surface area (Å²) >= 11 is 0. The number of nitrogens with one attached hydrogen (secondary N) is 2. The Morgan fingerprint density at radius 2 is 1.84 bits per heavy atom. The van der Waals surface area contributed by atoms with Gasteiger partial charge in [-0.05, 0) is 98.3 Å².